The van der Waals surface area contributed by atoms with Crippen LogP contribution in [0.2, 0.25) is 0 Å². The van der Waals surface area contributed by atoms with Gasteiger partial charge in [0.2, 0.25) is 0 Å². The Morgan fingerprint density at radius 3 is 2.75 bits per heavy atom. The molecule has 1 aromatic carbocycles. The van der Waals surface area contributed by atoms with Gasteiger partial charge < -0.3 is 10.2 Å². The first-order valence-corrected chi connectivity index (χ1v) is 7.33. The van der Waals surface area contributed by atoms with Crippen molar-refractivity contribution in [1.82, 2.24) is 4.90 Å². The molecular formula is C13H11BrF2N2OS. The summed E-state index contributed by atoms with van der Waals surface area (Å²) in [5.41, 5.74) is -0.0457. The van der Waals surface area contributed by atoms with E-state index in [9.17, 15) is 13.6 Å². The fourth-order valence-electron chi connectivity index (χ4n) is 1.54. The van der Waals surface area contributed by atoms with Gasteiger partial charge >= 0.3 is 6.03 Å². The van der Waals surface area contributed by atoms with Gasteiger partial charge in [0.15, 0.2) is 0 Å². The number of rotatable bonds is 3. The molecule has 1 aromatic heterocycles. The highest BCUT2D eigenvalue weighted by atomic mass is 79.9. The van der Waals surface area contributed by atoms with Crippen LogP contribution in [0.25, 0.3) is 0 Å². The van der Waals surface area contributed by atoms with Crippen molar-refractivity contribution in [3.8, 4) is 0 Å². The number of anilines is 1. The fraction of sp³-hybridized carbons (Fsp3) is 0.154. The molecule has 0 saturated heterocycles. The third-order valence-electron chi connectivity index (χ3n) is 2.53. The van der Waals surface area contributed by atoms with Crippen LogP contribution in [0.15, 0.2) is 34.1 Å². The molecule has 1 N–H and O–H groups in total. The molecule has 2 amide bonds. The topological polar surface area (TPSA) is 32.3 Å². The van der Waals surface area contributed by atoms with Crippen LogP contribution in [-0.4, -0.2) is 18.0 Å². The number of carbonyl (C=O) groups excluding carboxylic acids is 1. The SMILES string of the molecule is CN(Cc1cc(Br)cs1)C(=O)Nc1ccc(F)cc1F. The average molecular weight is 361 g/mol. The van der Waals surface area contributed by atoms with Gasteiger partial charge in [-0.2, -0.15) is 0 Å². The summed E-state index contributed by atoms with van der Waals surface area (Å²) in [6.45, 7) is 0.408. The van der Waals surface area contributed by atoms with Crippen molar-refractivity contribution >= 4 is 39.0 Å². The van der Waals surface area contributed by atoms with Crippen molar-refractivity contribution in [2.75, 3.05) is 12.4 Å². The first-order chi connectivity index (χ1) is 9.45. The maximum Gasteiger partial charge on any atom is 0.321 e. The van der Waals surface area contributed by atoms with E-state index in [2.05, 4.69) is 21.2 Å². The van der Waals surface area contributed by atoms with Gasteiger partial charge in [0.1, 0.15) is 11.6 Å². The van der Waals surface area contributed by atoms with E-state index in [1.54, 1.807) is 7.05 Å². The van der Waals surface area contributed by atoms with Crippen molar-refractivity contribution in [3.63, 3.8) is 0 Å². The lowest BCUT2D eigenvalue weighted by Crippen LogP contribution is -2.30. The smallest absolute Gasteiger partial charge is 0.321 e. The Balaban J connectivity index is 2.00. The van der Waals surface area contributed by atoms with Crippen LogP contribution in [0, 0.1) is 11.6 Å². The van der Waals surface area contributed by atoms with Crippen LogP contribution in [0.4, 0.5) is 19.3 Å². The molecule has 1 heterocycles. The molecule has 0 atom stereocenters. The van der Waals surface area contributed by atoms with Gasteiger partial charge in [0.25, 0.3) is 0 Å². The molecule has 0 aliphatic heterocycles. The van der Waals surface area contributed by atoms with E-state index in [-0.39, 0.29) is 5.69 Å². The third-order valence-corrected chi connectivity index (χ3v) is 4.22. The number of benzene rings is 1. The number of thiophene rings is 1. The van der Waals surface area contributed by atoms with Crippen LogP contribution < -0.4 is 5.32 Å². The summed E-state index contributed by atoms with van der Waals surface area (Å²) in [6, 6.07) is 4.46. The van der Waals surface area contributed by atoms with Gasteiger partial charge in [0.05, 0.1) is 12.2 Å². The van der Waals surface area contributed by atoms with E-state index >= 15 is 0 Å². The Morgan fingerprint density at radius 1 is 1.40 bits per heavy atom. The second-order valence-corrected chi connectivity index (χ2v) is 6.05. The fourth-order valence-corrected chi connectivity index (χ4v) is 3.05. The van der Waals surface area contributed by atoms with Crippen LogP contribution in [-0.2, 0) is 6.54 Å². The largest absolute Gasteiger partial charge is 0.322 e. The van der Waals surface area contributed by atoms with Crippen molar-refractivity contribution in [2.24, 2.45) is 0 Å². The molecule has 2 rings (SSSR count). The maximum atomic E-state index is 13.4. The van der Waals surface area contributed by atoms with Crippen molar-refractivity contribution < 1.29 is 13.6 Å². The highest BCUT2D eigenvalue weighted by Crippen LogP contribution is 2.21. The van der Waals surface area contributed by atoms with Crippen molar-refractivity contribution in [2.45, 2.75) is 6.54 Å². The Bertz CT molecular complexity index is 633. The first kappa shape index (κ1) is 14.9. The minimum atomic E-state index is -0.800. The summed E-state index contributed by atoms with van der Waals surface area (Å²) in [5.74, 6) is -1.48. The normalized spacial score (nSPS) is 10.4. The lowest BCUT2D eigenvalue weighted by molar-refractivity contribution is 0.221. The minimum absolute atomic E-state index is 0.0457. The average Bonchev–Trinajstić information content (AvgIpc) is 2.78. The van der Waals surface area contributed by atoms with Crippen LogP contribution in [0.5, 0.6) is 0 Å². The molecule has 0 radical (unpaired) electrons. The summed E-state index contributed by atoms with van der Waals surface area (Å²) in [4.78, 5) is 14.3. The highest BCUT2D eigenvalue weighted by molar-refractivity contribution is 9.10. The second-order valence-electron chi connectivity index (χ2n) is 4.14. The molecule has 0 spiro atoms. The van der Waals surface area contributed by atoms with Gasteiger partial charge in [0, 0.05) is 27.8 Å². The Kier molecular flexibility index (Phi) is 4.72. The molecule has 0 bridgehead atoms. The van der Waals surface area contributed by atoms with Gasteiger partial charge in [-0.1, -0.05) is 0 Å². The summed E-state index contributed by atoms with van der Waals surface area (Å²) in [7, 11) is 1.60. The van der Waals surface area contributed by atoms with E-state index < -0.39 is 17.7 Å². The third kappa shape index (κ3) is 3.77. The molecule has 0 aliphatic rings. The van der Waals surface area contributed by atoms with E-state index in [1.807, 2.05) is 11.4 Å². The number of carbonyl (C=O) groups is 1. The summed E-state index contributed by atoms with van der Waals surface area (Å²) in [5, 5.41) is 4.32. The Hall–Kier alpha value is -1.47. The number of urea groups is 1. The standard InChI is InChI=1S/C13H11BrF2N2OS/c1-18(6-10-4-8(14)7-20-10)13(19)17-12-3-2-9(15)5-11(12)16/h2-5,7H,6H2,1H3,(H,17,19). The Labute approximate surface area is 127 Å². The minimum Gasteiger partial charge on any atom is -0.322 e. The van der Waals surface area contributed by atoms with Crippen LogP contribution in [0.1, 0.15) is 4.88 Å². The zero-order chi connectivity index (χ0) is 14.7. The molecule has 0 unspecified atom stereocenters. The molecule has 3 nitrogen and oxygen atoms in total. The number of amides is 2. The second kappa shape index (κ2) is 6.32. The van der Waals surface area contributed by atoms with E-state index in [0.29, 0.717) is 6.54 Å². The number of halogens is 3. The zero-order valence-electron chi connectivity index (χ0n) is 10.5. The van der Waals surface area contributed by atoms with Gasteiger partial charge in [-0.15, -0.1) is 11.3 Å². The van der Waals surface area contributed by atoms with Crippen molar-refractivity contribution in [3.05, 3.63) is 50.6 Å². The number of nitrogens with zero attached hydrogens (tertiary/aromatic N) is 1. The molecule has 20 heavy (non-hydrogen) atoms. The predicted molar refractivity (Wildman–Crippen MR) is 78.9 cm³/mol. The van der Waals surface area contributed by atoms with E-state index in [0.717, 1.165) is 21.5 Å². The van der Waals surface area contributed by atoms with Crippen LogP contribution in [0.3, 0.4) is 0 Å². The maximum absolute atomic E-state index is 13.4. The van der Waals surface area contributed by atoms with Gasteiger partial charge in [-0.3, -0.25) is 0 Å². The van der Waals surface area contributed by atoms with Crippen LogP contribution >= 0.6 is 27.3 Å². The lowest BCUT2D eigenvalue weighted by atomic mass is 10.3. The molecule has 7 heteroatoms. The number of hydrogen-bond donors (Lipinski definition) is 1. The van der Waals surface area contributed by atoms with Crippen molar-refractivity contribution in [1.29, 1.82) is 0 Å². The molecule has 0 saturated carbocycles. The zero-order valence-corrected chi connectivity index (χ0v) is 12.9. The van der Waals surface area contributed by atoms with E-state index in [4.69, 9.17) is 0 Å². The lowest BCUT2D eigenvalue weighted by Gasteiger charge is -2.17. The molecule has 0 aliphatic carbocycles. The number of hydrogen-bond acceptors (Lipinski definition) is 2. The molecular weight excluding hydrogens is 350 g/mol. The Morgan fingerprint density at radius 2 is 2.15 bits per heavy atom. The molecule has 106 valence electrons. The molecule has 2 aromatic rings. The molecule has 0 fully saturated rings. The van der Waals surface area contributed by atoms with Gasteiger partial charge in [-0.05, 0) is 34.1 Å². The predicted octanol–water partition coefficient (Wildman–Crippen LogP) is 4.45. The highest BCUT2D eigenvalue weighted by Gasteiger charge is 2.13. The van der Waals surface area contributed by atoms with Gasteiger partial charge in [-0.25, -0.2) is 13.6 Å². The number of nitrogens with one attached hydrogen (secondary N) is 1. The monoisotopic (exact) mass is 360 g/mol. The quantitative estimate of drug-likeness (QED) is 0.861. The van der Waals surface area contributed by atoms with E-state index in [1.165, 1.54) is 22.3 Å². The summed E-state index contributed by atoms with van der Waals surface area (Å²) in [6.07, 6.45) is 0. The summed E-state index contributed by atoms with van der Waals surface area (Å²) < 4.78 is 27.1. The first-order valence-electron chi connectivity index (χ1n) is 5.66. The summed E-state index contributed by atoms with van der Waals surface area (Å²) >= 11 is 4.85.